The number of rotatable bonds is 8. The minimum atomic E-state index is -3.82. The van der Waals surface area contributed by atoms with E-state index in [0.29, 0.717) is 54.2 Å². The van der Waals surface area contributed by atoms with Gasteiger partial charge in [0, 0.05) is 33.2 Å². The van der Waals surface area contributed by atoms with Gasteiger partial charge in [0.25, 0.3) is 5.56 Å². The number of H-pyrrole nitrogens is 1. The number of hydrogen-bond acceptors (Lipinski definition) is 7. The number of aromatic nitrogens is 4. The Bertz CT molecular complexity index is 1370. The topological polar surface area (TPSA) is 130 Å². The summed E-state index contributed by atoms with van der Waals surface area (Å²) in [5.74, 6) is 0.629. The zero-order chi connectivity index (χ0) is 24.5. The van der Waals surface area contributed by atoms with Crippen molar-refractivity contribution in [2.75, 3.05) is 32.8 Å². The Balaban J connectivity index is 1.82. The Hall–Kier alpha value is -3.25. The van der Waals surface area contributed by atoms with Crippen LogP contribution in [0.5, 0.6) is 5.75 Å². The van der Waals surface area contributed by atoms with Crippen molar-refractivity contribution in [3.8, 4) is 17.1 Å². The highest BCUT2D eigenvalue weighted by Crippen LogP contribution is 2.32. The molecule has 182 valence electrons. The highest BCUT2D eigenvalue weighted by Gasteiger charge is 2.29. The molecule has 11 nitrogen and oxygen atoms in total. The fourth-order valence-electron chi connectivity index (χ4n) is 4.11. The van der Waals surface area contributed by atoms with Gasteiger partial charge in [-0.1, -0.05) is 13.3 Å². The molecule has 1 aromatic carbocycles. The van der Waals surface area contributed by atoms with E-state index in [-0.39, 0.29) is 29.4 Å². The van der Waals surface area contributed by atoms with Crippen LogP contribution in [0.1, 0.15) is 26.0 Å². The molecule has 0 aliphatic carbocycles. The first-order chi connectivity index (χ1) is 16.3. The number of amides is 1. The Labute approximate surface area is 197 Å². The molecule has 4 rings (SSSR count). The second-order valence-electron chi connectivity index (χ2n) is 8.07. The lowest BCUT2D eigenvalue weighted by molar-refractivity contribution is -0.119. The Morgan fingerprint density at radius 2 is 1.91 bits per heavy atom. The van der Waals surface area contributed by atoms with E-state index in [1.807, 2.05) is 13.8 Å². The predicted molar refractivity (Wildman–Crippen MR) is 126 cm³/mol. The number of sulfonamides is 1. The summed E-state index contributed by atoms with van der Waals surface area (Å²) < 4.78 is 35.3. The van der Waals surface area contributed by atoms with Crippen molar-refractivity contribution in [1.82, 2.24) is 29.0 Å². The third-order valence-corrected chi connectivity index (χ3v) is 7.71. The summed E-state index contributed by atoms with van der Waals surface area (Å²) in [5, 5.41) is 4.44. The van der Waals surface area contributed by atoms with Crippen molar-refractivity contribution < 1.29 is 17.9 Å². The third kappa shape index (κ3) is 4.30. The molecule has 0 bridgehead atoms. The van der Waals surface area contributed by atoms with Crippen molar-refractivity contribution >= 4 is 27.5 Å². The summed E-state index contributed by atoms with van der Waals surface area (Å²) in [6.45, 7) is 5.28. The van der Waals surface area contributed by atoms with Gasteiger partial charge in [-0.15, -0.1) is 0 Å². The molecule has 1 amide bonds. The monoisotopic (exact) mass is 488 g/mol. The lowest BCUT2D eigenvalue weighted by Crippen LogP contribution is -2.47. The number of nitrogens with zero attached hydrogens (tertiary/aromatic N) is 5. The summed E-state index contributed by atoms with van der Waals surface area (Å²) in [4.78, 5) is 32.9. The van der Waals surface area contributed by atoms with E-state index in [1.54, 1.807) is 18.0 Å². The fourth-order valence-corrected chi connectivity index (χ4v) is 5.56. The smallest absolute Gasteiger partial charge is 0.277 e. The van der Waals surface area contributed by atoms with Gasteiger partial charge in [-0.25, -0.2) is 13.4 Å². The van der Waals surface area contributed by atoms with Gasteiger partial charge >= 0.3 is 0 Å². The first kappa shape index (κ1) is 23.9. The molecule has 0 radical (unpaired) electrons. The predicted octanol–water partition coefficient (Wildman–Crippen LogP) is 1.14. The second-order valence-corrected chi connectivity index (χ2v) is 10.0. The largest absolute Gasteiger partial charge is 0.493 e. The number of carbonyl (C=O) groups excluding carboxylic acids is 1. The molecule has 0 saturated carbocycles. The summed E-state index contributed by atoms with van der Waals surface area (Å²) >= 11 is 0. The number of aromatic amines is 1. The van der Waals surface area contributed by atoms with E-state index in [1.165, 1.54) is 21.1 Å². The Morgan fingerprint density at radius 3 is 2.56 bits per heavy atom. The molecular weight excluding hydrogens is 460 g/mol. The zero-order valence-corrected chi connectivity index (χ0v) is 20.3. The number of benzene rings is 1. The average Bonchev–Trinajstić information content (AvgIpc) is 3.15. The molecule has 1 aliphatic heterocycles. The SMILES string of the molecule is CCCc1nn(C)c2c(=O)[nH]c(-c3cc(S(=O)(=O)N4CCN(C=O)CC4)ccc3OCC)nc12. The van der Waals surface area contributed by atoms with E-state index in [2.05, 4.69) is 15.1 Å². The normalized spacial score (nSPS) is 15.1. The van der Waals surface area contributed by atoms with Crippen LogP contribution in [0.15, 0.2) is 27.9 Å². The lowest BCUT2D eigenvalue weighted by atomic mass is 10.1. The van der Waals surface area contributed by atoms with Crippen LogP contribution in [0.4, 0.5) is 0 Å². The van der Waals surface area contributed by atoms with Crippen LogP contribution in [0, 0.1) is 0 Å². The van der Waals surface area contributed by atoms with Crippen molar-refractivity contribution in [3.63, 3.8) is 0 Å². The first-order valence-electron chi connectivity index (χ1n) is 11.2. The lowest BCUT2D eigenvalue weighted by Gasteiger charge is -2.31. The average molecular weight is 489 g/mol. The second kappa shape index (κ2) is 9.55. The highest BCUT2D eigenvalue weighted by atomic mass is 32.2. The molecule has 0 unspecified atom stereocenters. The highest BCUT2D eigenvalue weighted by molar-refractivity contribution is 7.89. The maximum absolute atomic E-state index is 13.3. The molecule has 0 atom stereocenters. The van der Waals surface area contributed by atoms with Gasteiger partial charge < -0.3 is 14.6 Å². The Kier molecular flexibility index (Phi) is 6.71. The van der Waals surface area contributed by atoms with Crippen LogP contribution in [-0.2, 0) is 28.3 Å². The van der Waals surface area contributed by atoms with Gasteiger partial charge in [-0.05, 0) is 31.5 Å². The molecule has 34 heavy (non-hydrogen) atoms. The number of carbonyl (C=O) groups is 1. The molecule has 2 aromatic heterocycles. The number of ether oxygens (including phenoxy) is 1. The van der Waals surface area contributed by atoms with E-state index >= 15 is 0 Å². The minimum absolute atomic E-state index is 0.0632. The number of nitrogens with one attached hydrogen (secondary N) is 1. The van der Waals surface area contributed by atoms with E-state index in [4.69, 9.17) is 4.74 Å². The van der Waals surface area contributed by atoms with Gasteiger partial charge in [-0.3, -0.25) is 14.3 Å². The minimum Gasteiger partial charge on any atom is -0.493 e. The van der Waals surface area contributed by atoms with Crippen LogP contribution in [0.25, 0.3) is 22.4 Å². The van der Waals surface area contributed by atoms with Crippen molar-refractivity contribution in [2.24, 2.45) is 7.05 Å². The molecule has 3 aromatic rings. The summed E-state index contributed by atoms with van der Waals surface area (Å²) in [6.07, 6.45) is 2.22. The number of hydrogen-bond donors (Lipinski definition) is 1. The van der Waals surface area contributed by atoms with Crippen molar-refractivity contribution in [1.29, 1.82) is 0 Å². The molecule has 0 spiro atoms. The van der Waals surface area contributed by atoms with Gasteiger partial charge in [-0.2, -0.15) is 9.40 Å². The molecule has 12 heteroatoms. The van der Waals surface area contributed by atoms with Gasteiger partial charge in [0.2, 0.25) is 16.4 Å². The number of fused-ring (bicyclic) bond motifs is 1. The molecule has 3 heterocycles. The van der Waals surface area contributed by atoms with Gasteiger partial charge in [0.15, 0.2) is 5.52 Å². The molecular formula is C22H28N6O5S. The fraction of sp³-hybridized carbons (Fsp3) is 0.455. The van der Waals surface area contributed by atoms with Crippen LogP contribution in [0.3, 0.4) is 0 Å². The van der Waals surface area contributed by atoms with E-state index in [9.17, 15) is 18.0 Å². The van der Waals surface area contributed by atoms with Crippen LogP contribution < -0.4 is 10.3 Å². The van der Waals surface area contributed by atoms with Crippen molar-refractivity contribution in [3.05, 3.63) is 34.2 Å². The maximum Gasteiger partial charge on any atom is 0.277 e. The maximum atomic E-state index is 13.3. The van der Waals surface area contributed by atoms with Crippen molar-refractivity contribution in [2.45, 2.75) is 31.6 Å². The summed E-state index contributed by atoms with van der Waals surface area (Å²) in [6, 6.07) is 4.54. The van der Waals surface area contributed by atoms with E-state index in [0.717, 1.165) is 12.8 Å². The standard InChI is InChI=1S/C22H28N6O5S/c1-4-6-17-19-20(26(3)25-17)22(30)24-21(23-19)16-13-15(7-8-18(16)33-5-2)34(31,32)28-11-9-27(14-29)10-12-28/h7-8,13-14H,4-6,9-12H2,1-3H3,(H,23,24,30). The zero-order valence-electron chi connectivity index (χ0n) is 19.4. The number of aryl methyl sites for hydroxylation is 2. The third-order valence-electron chi connectivity index (χ3n) is 5.82. The summed E-state index contributed by atoms with van der Waals surface area (Å²) in [5.41, 5.74) is 1.57. The van der Waals surface area contributed by atoms with Gasteiger partial charge in [0.05, 0.1) is 22.8 Å². The van der Waals surface area contributed by atoms with Crippen LogP contribution in [-0.4, -0.2) is 76.6 Å². The molecule has 1 aliphatic rings. The molecule has 1 fully saturated rings. The Morgan fingerprint density at radius 1 is 1.18 bits per heavy atom. The van der Waals surface area contributed by atoms with Crippen LogP contribution >= 0.6 is 0 Å². The number of piperazine rings is 1. The molecule has 1 saturated heterocycles. The van der Waals surface area contributed by atoms with E-state index < -0.39 is 10.0 Å². The molecule has 1 N–H and O–H groups in total. The van der Waals surface area contributed by atoms with Gasteiger partial charge in [0.1, 0.15) is 17.1 Å². The quantitative estimate of drug-likeness (QED) is 0.471. The van der Waals surface area contributed by atoms with Crippen LogP contribution in [0.2, 0.25) is 0 Å². The summed E-state index contributed by atoms with van der Waals surface area (Å²) in [7, 11) is -2.13. The first-order valence-corrected chi connectivity index (χ1v) is 12.7.